The summed E-state index contributed by atoms with van der Waals surface area (Å²) in [6, 6.07) is 7.77. The number of hydrogen-bond donors (Lipinski definition) is 1. The molecule has 1 aliphatic rings. The van der Waals surface area contributed by atoms with E-state index in [2.05, 4.69) is 10.1 Å². The Labute approximate surface area is 112 Å². The predicted octanol–water partition coefficient (Wildman–Crippen LogP) is 1.25. The molecule has 0 aromatic heterocycles. The van der Waals surface area contributed by atoms with Crippen molar-refractivity contribution in [3.8, 4) is 0 Å². The number of carbonyl (C=O) groups excluding carboxylic acids is 2. The van der Waals surface area contributed by atoms with E-state index in [1.165, 1.54) is 7.11 Å². The second-order valence-electron chi connectivity index (χ2n) is 4.55. The number of esters is 1. The molecule has 0 spiro atoms. The lowest BCUT2D eigenvalue weighted by Crippen LogP contribution is -2.38. The minimum absolute atomic E-state index is 0.0374. The molecule has 2 rings (SSSR count). The Morgan fingerprint density at radius 3 is 2.95 bits per heavy atom. The van der Waals surface area contributed by atoms with E-state index in [0.29, 0.717) is 19.4 Å². The van der Waals surface area contributed by atoms with Crippen LogP contribution >= 0.6 is 0 Å². The van der Waals surface area contributed by atoms with Crippen LogP contribution in [0.5, 0.6) is 0 Å². The summed E-state index contributed by atoms with van der Waals surface area (Å²) in [5.41, 5.74) is 2.02. The van der Waals surface area contributed by atoms with Crippen molar-refractivity contribution >= 4 is 17.6 Å². The van der Waals surface area contributed by atoms with Crippen LogP contribution in [0.2, 0.25) is 0 Å². The molecular weight excluding hydrogens is 244 g/mol. The molecule has 1 aliphatic heterocycles. The summed E-state index contributed by atoms with van der Waals surface area (Å²) >= 11 is 0. The predicted molar refractivity (Wildman–Crippen MR) is 71.8 cm³/mol. The minimum atomic E-state index is -0.250. The van der Waals surface area contributed by atoms with Gasteiger partial charge in [0.2, 0.25) is 5.91 Å². The minimum Gasteiger partial charge on any atom is -0.469 e. The molecule has 1 amide bonds. The average Bonchev–Trinajstić information content (AvgIpc) is 2.44. The number of ether oxygens (including phenoxy) is 1. The fraction of sp³-hybridized carbons (Fsp3) is 0.429. The van der Waals surface area contributed by atoms with Crippen LogP contribution in [0.25, 0.3) is 0 Å². The van der Waals surface area contributed by atoms with Crippen molar-refractivity contribution in [3.63, 3.8) is 0 Å². The van der Waals surface area contributed by atoms with E-state index in [4.69, 9.17) is 0 Å². The van der Waals surface area contributed by atoms with Gasteiger partial charge >= 0.3 is 5.97 Å². The number of rotatable bonds is 4. The van der Waals surface area contributed by atoms with E-state index < -0.39 is 0 Å². The molecule has 0 bridgehead atoms. The number of hydrogen-bond acceptors (Lipinski definition) is 4. The molecule has 5 heteroatoms. The zero-order chi connectivity index (χ0) is 13.8. The van der Waals surface area contributed by atoms with E-state index in [-0.39, 0.29) is 17.9 Å². The second-order valence-corrected chi connectivity index (χ2v) is 4.55. The monoisotopic (exact) mass is 262 g/mol. The Bertz CT molecular complexity index is 487. The number of para-hydroxylation sites is 1. The van der Waals surface area contributed by atoms with Crippen LogP contribution in [-0.2, 0) is 14.3 Å². The number of amides is 1. The van der Waals surface area contributed by atoms with Crippen molar-refractivity contribution in [1.29, 1.82) is 0 Å². The first-order valence-corrected chi connectivity index (χ1v) is 6.29. The Morgan fingerprint density at radius 1 is 1.47 bits per heavy atom. The summed E-state index contributed by atoms with van der Waals surface area (Å²) < 4.78 is 4.59. The van der Waals surface area contributed by atoms with Gasteiger partial charge in [0.1, 0.15) is 0 Å². The fourth-order valence-corrected chi connectivity index (χ4v) is 2.28. The van der Waals surface area contributed by atoms with E-state index >= 15 is 0 Å². The molecule has 102 valence electrons. The lowest BCUT2D eigenvalue weighted by Gasteiger charge is -2.32. The van der Waals surface area contributed by atoms with Gasteiger partial charge in [0.05, 0.1) is 13.5 Å². The van der Waals surface area contributed by atoms with Gasteiger partial charge in [-0.15, -0.1) is 0 Å². The molecule has 0 saturated heterocycles. The Hall–Kier alpha value is -1.88. The van der Waals surface area contributed by atoms with Crippen molar-refractivity contribution in [2.24, 2.45) is 0 Å². The number of nitrogens with zero attached hydrogens (tertiary/aromatic N) is 1. The molecule has 1 atom stereocenters. The average molecular weight is 262 g/mol. The van der Waals surface area contributed by atoms with E-state index in [9.17, 15) is 9.59 Å². The maximum atomic E-state index is 11.9. The summed E-state index contributed by atoms with van der Waals surface area (Å²) in [5, 5.41) is 3.25. The molecule has 0 saturated carbocycles. The zero-order valence-corrected chi connectivity index (χ0v) is 11.2. The Balaban J connectivity index is 2.07. The van der Waals surface area contributed by atoms with Crippen molar-refractivity contribution in [1.82, 2.24) is 5.32 Å². The lowest BCUT2D eigenvalue weighted by molar-refractivity contribution is -0.140. The Kier molecular flexibility index (Phi) is 4.16. The van der Waals surface area contributed by atoms with Crippen LogP contribution in [0, 0.1) is 0 Å². The second kappa shape index (κ2) is 5.84. The van der Waals surface area contributed by atoms with Crippen LogP contribution in [0.15, 0.2) is 24.3 Å². The lowest BCUT2D eigenvalue weighted by atomic mass is 9.96. The van der Waals surface area contributed by atoms with Crippen molar-refractivity contribution in [2.75, 3.05) is 25.6 Å². The molecule has 1 N–H and O–H groups in total. The molecule has 1 aromatic rings. The number of methoxy groups -OCH3 is 1. The SMILES string of the molecule is COC(=O)CCNC1CC(=O)N(C)c2ccccc21. The van der Waals surface area contributed by atoms with Gasteiger partial charge in [-0.05, 0) is 11.6 Å². The first-order chi connectivity index (χ1) is 9.13. The highest BCUT2D eigenvalue weighted by Crippen LogP contribution is 2.33. The van der Waals surface area contributed by atoms with Gasteiger partial charge in [-0.3, -0.25) is 9.59 Å². The van der Waals surface area contributed by atoms with Gasteiger partial charge in [-0.25, -0.2) is 0 Å². The molecule has 0 fully saturated rings. The van der Waals surface area contributed by atoms with Gasteiger partial charge < -0.3 is 15.0 Å². The largest absolute Gasteiger partial charge is 0.469 e. The summed E-state index contributed by atoms with van der Waals surface area (Å²) in [5.74, 6) is -0.172. The molecule has 0 aliphatic carbocycles. The number of fused-ring (bicyclic) bond motifs is 1. The number of benzene rings is 1. The molecule has 1 heterocycles. The van der Waals surface area contributed by atoms with Crippen molar-refractivity contribution < 1.29 is 14.3 Å². The molecule has 1 aromatic carbocycles. The maximum Gasteiger partial charge on any atom is 0.306 e. The smallest absolute Gasteiger partial charge is 0.306 e. The van der Waals surface area contributed by atoms with Crippen LogP contribution in [0.4, 0.5) is 5.69 Å². The molecule has 5 nitrogen and oxygen atoms in total. The zero-order valence-electron chi connectivity index (χ0n) is 11.2. The van der Waals surface area contributed by atoms with Crippen molar-refractivity contribution in [2.45, 2.75) is 18.9 Å². The third kappa shape index (κ3) is 2.93. The topological polar surface area (TPSA) is 58.6 Å². The van der Waals surface area contributed by atoms with E-state index in [1.54, 1.807) is 11.9 Å². The van der Waals surface area contributed by atoms with Crippen LogP contribution in [0.3, 0.4) is 0 Å². The highest BCUT2D eigenvalue weighted by molar-refractivity contribution is 5.96. The number of nitrogens with one attached hydrogen (secondary N) is 1. The molecule has 1 unspecified atom stereocenters. The maximum absolute atomic E-state index is 11.9. The summed E-state index contributed by atoms with van der Waals surface area (Å²) in [7, 11) is 3.16. The van der Waals surface area contributed by atoms with Gasteiger partial charge in [-0.2, -0.15) is 0 Å². The van der Waals surface area contributed by atoms with Gasteiger partial charge in [0.25, 0.3) is 0 Å². The van der Waals surface area contributed by atoms with Gasteiger partial charge in [0, 0.05) is 31.7 Å². The van der Waals surface area contributed by atoms with E-state index in [0.717, 1.165) is 11.3 Å². The van der Waals surface area contributed by atoms with Crippen LogP contribution < -0.4 is 10.2 Å². The summed E-state index contributed by atoms with van der Waals surface area (Å²) in [6.07, 6.45) is 0.716. The highest BCUT2D eigenvalue weighted by Gasteiger charge is 2.28. The highest BCUT2D eigenvalue weighted by atomic mass is 16.5. The summed E-state index contributed by atoms with van der Waals surface area (Å²) in [4.78, 5) is 24.7. The third-order valence-electron chi connectivity index (χ3n) is 3.37. The van der Waals surface area contributed by atoms with Gasteiger partial charge in [0.15, 0.2) is 0 Å². The standard InChI is InChI=1S/C14H18N2O3/c1-16-12-6-4-3-5-10(12)11(9-13(16)17)15-8-7-14(18)19-2/h3-6,11,15H,7-9H2,1-2H3. The molecular formula is C14H18N2O3. The van der Waals surface area contributed by atoms with E-state index in [1.807, 2.05) is 24.3 Å². The normalized spacial score (nSPS) is 18.1. The van der Waals surface area contributed by atoms with Gasteiger partial charge in [-0.1, -0.05) is 18.2 Å². The van der Waals surface area contributed by atoms with Crippen LogP contribution in [0.1, 0.15) is 24.4 Å². The van der Waals surface area contributed by atoms with Crippen molar-refractivity contribution in [3.05, 3.63) is 29.8 Å². The molecule has 0 radical (unpaired) electrons. The fourth-order valence-electron chi connectivity index (χ4n) is 2.28. The first kappa shape index (κ1) is 13.5. The number of anilines is 1. The first-order valence-electron chi connectivity index (χ1n) is 6.29. The summed E-state index contributed by atoms with van der Waals surface area (Å²) in [6.45, 7) is 0.503. The third-order valence-corrected chi connectivity index (χ3v) is 3.37. The quantitative estimate of drug-likeness (QED) is 0.830. The Morgan fingerprint density at radius 2 is 2.21 bits per heavy atom. The molecule has 19 heavy (non-hydrogen) atoms. The number of carbonyl (C=O) groups is 2. The van der Waals surface area contributed by atoms with Crippen LogP contribution in [-0.4, -0.2) is 32.6 Å².